The summed E-state index contributed by atoms with van der Waals surface area (Å²) in [6.07, 6.45) is 3.35. The smallest absolute Gasteiger partial charge is 0.399 e. The van der Waals surface area contributed by atoms with E-state index in [9.17, 15) is 4.79 Å². The van der Waals surface area contributed by atoms with Crippen molar-refractivity contribution in [3.8, 4) is 17.3 Å². The second-order valence-electron chi connectivity index (χ2n) is 8.37. The Morgan fingerprint density at radius 1 is 1.11 bits per heavy atom. The van der Waals surface area contributed by atoms with E-state index >= 15 is 0 Å². The Hall–Kier alpha value is -2.32. The van der Waals surface area contributed by atoms with E-state index in [1.165, 1.54) is 0 Å². The van der Waals surface area contributed by atoms with Gasteiger partial charge in [0, 0.05) is 13.1 Å². The van der Waals surface area contributed by atoms with E-state index in [0.29, 0.717) is 0 Å². The molecule has 0 spiro atoms. The lowest BCUT2D eigenvalue weighted by atomic mass is 9.79. The molecule has 2 saturated heterocycles. The first kappa shape index (κ1) is 19.0. The van der Waals surface area contributed by atoms with Crippen LogP contribution in [0.25, 0.3) is 11.3 Å². The second kappa shape index (κ2) is 6.94. The van der Waals surface area contributed by atoms with Gasteiger partial charge in [-0.3, -0.25) is 0 Å². The molecular formula is C20H26BN3O4. The fourth-order valence-electron chi connectivity index (χ4n) is 3.35. The number of carbonyl (C=O) groups excluding carboxylic acids is 1. The highest BCUT2D eigenvalue weighted by atomic mass is 16.7. The van der Waals surface area contributed by atoms with Crippen molar-refractivity contribution in [2.45, 2.75) is 51.7 Å². The fraction of sp³-hybridized carbons (Fsp3) is 0.500. The summed E-state index contributed by atoms with van der Waals surface area (Å²) >= 11 is 0. The standard InChI is InChI=1S/C20H26BN3O4/c1-19(2)20(3,4)28-21(27-19)15-9-7-14(8-10-15)16-13-22-17(23-16)26-18(25)24-11-5-6-12-24/h7-10,13H,5-6,11-12H2,1-4H3,(H,22,23). The number of benzene rings is 1. The minimum absolute atomic E-state index is 0.210. The first-order valence-corrected chi connectivity index (χ1v) is 9.73. The van der Waals surface area contributed by atoms with Crippen molar-refractivity contribution in [1.82, 2.24) is 14.9 Å². The Balaban J connectivity index is 1.43. The van der Waals surface area contributed by atoms with E-state index in [4.69, 9.17) is 14.0 Å². The third-order valence-corrected chi connectivity index (χ3v) is 5.85. The lowest BCUT2D eigenvalue weighted by Crippen LogP contribution is -2.41. The summed E-state index contributed by atoms with van der Waals surface area (Å²) in [5.74, 6) is 0. The summed E-state index contributed by atoms with van der Waals surface area (Å²) in [7, 11) is -0.391. The number of rotatable bonds is 3. The number of hydrogen-bond acceptors (Lipinski definition) is 5. The van der Waals surface area contributed by atoms with Gasteiger partial charge in [0.1, 0.15) is 0 Å². The third kappa shape index (κ3) is 3.54. The van der Waals surface area contributed by atoms with Crippen LogP contribution in [0.3, 0.4) is 0 Å². The van der Waals surface area contributed by atoms with Crippen LogP contribution >= 0.6 is 0 Å². The van der Waals surface area contributed by atoms with Gasteiger partial charge in [0.25, 0.3) is 0 Å². The molecule has 28 heavy (non-hydrogen) atoms. The van der Waals surface area contributed by atoms with Gasteiger partial charge in [-0.2, -0.15) is 0 Å². The van der Waals surface area contributed by atoms with Crippen LogP contribution in [0, 0.1) is 0 Å². The molecule has 3 heterocycles. The Kier molecular flexibility index (Phi) is 4.71. The highest BCUT2D eigenvalue weighted by Crippen LogP contribution is 2.36. The molecule has 0 saturated carbocycles. The lowest BCUT2D eigenvalue weighted by molar-refractivity contribution is 0.00578. The number of carbonyl (C=O) groups is 1. The van der Waals surface area contributed by atoms with Crippen LogP contribution in [0.15, 0.2) is 30.5 Å². The molecule has 2 aliphatic heterocycles. The minimum atomic E-state index is -0.391. The molecule has 1 aromatic heterocycles. The Morgan fingerprint density at radius 2 is 1.71 bits per heavy atom. The van der Waals surface area contributed by atoms with Gasteiger partial charge in [-0.15, -0.1) is 0 Å². The maximum atomic E-state index is 12.1. The maximum absolute atomic E-state index is 12.1. The van der Waals surface area contributed by atoms with E-state index in [1.54, 1.807) is 11.1 Å². The monoisotopic (exact) mass is 383 g/mol. The lowest BCUT2D eigenvalue weighted by Gasteiger charge is -2.32. The number of aromatic nitrogens is 2. The highest BCUT2D eigenvalue weighted by molar-refractivity contribution is 6.62. The molecular weight excluding hydrogens is 357 g/mol. The number of likely N-dealkylation sites (tertiary alicyclic amines) is 1. The van der Waals surface area contributed by atoms with Crippen LogP contribution in [0.5, 0.6) is 6.01 Å². The third-order valence-electron chi connectivity index (χ3n) is 5.85. The number of ether oxygens (including phenoxy) is 1. The van der Waals surface area contributed by atoms with Crippen LogP contribution in [-0.2, 0) is 9.31 Å². The average Bonchev–Trinajstić information content (AvgIpc) is 3.36. The Bertz CT molecular complexity index is 841. The van der Waals surface area contributed by atoms with Crippen LogP contribution in [0.4, 0.5) is 4.79 Å². The van der Waals surface area contributed by atoms with Crippen molar-refractivity contribution < 1.29 is 18.8 Å². The zero-order chi connectivity index (χ0) is 19.9. The molecule has 0 radical (unpaired) electrons. The summed E-state index contributed by atoms with van der Waals surface area (Å²) in [5, 5.41) is 0. The van der Waals surface area contributed by atoms with Crippen LogP contribution in [-0.4, -0.2) is 52.4 Å². The van der Waals surface area contributed by atoms with Gasteiger partial charge in [-0.1, -0.05) is 24.3 Å². The van der Waals surface area contributed by atoms with Crippen molar-refractivity contribution in [2.24, 2.45) is 0 Å². The van der Waals surface area contributed by atoms with Gasteiger partial charge >= 0.3 is 19.2 Å². The quantitative estimate of drug-likeness (QED) is 0.825. The average molecular weight is 383 g/mol. The molecule has 7 nitrogen and oxygen atoms in total. The van der Waals surface area contributed by atoms with Crippen LogP contribution in [0.2, 0.25) is 0 Å². The molecule has 2 aromatic rings. The van der Waals surface area contributed by atoms with Crippen LogP contribution < -0.4 is 10.2 Å². The van der Waals surface area contributed by atoms with Gasteiger partial charge in [0.2, 0.25) is 0 Å². The number of H-pyrrole nitrogens is 1. The molecule has 0 unspecified atom stereocenters. The molecule has 1 N–H and O–H groups in total. The second-order valence-corrected chi connectivity index (χ2v) is 8.37. The summed E-state index contributed by atoms with van der Waals surface area (Å²) in [5.41, 5.74) is 1.95. The van der Waals surface area contributed by atoms with Crippen molar-refractivity contribution in [3.05, 3.63) is 30.5 Å². The molecule has 8 heteroatoms. The number of aromatic amines is 1. The topological polar surface area (TPSA) is 76.7 Å². The molecule has 4 rings (SSSR count). The van der Waals surface area contributed by atoms with Gasteiger partial charge in [0.15, 0.2) is 0 Å². The number of hydrogen-bond donors (Lipinski definition) is 1. The van der Waals surface area contributed by atoms with Gasteiger partial charge in [-0.05, 0) is 51.6 Å². The zero-order valence-corrected chi connectivity index (χ0v) is 16.8. The van der Waals surface area contributed by atoms with Gasteiger partial charge < -0.3 is 23.9 Å². The molecule has 2 aliphatic rings. The molecule has 1 amide bonds. The van der Waals surface area contributed by atoms with E-state index in [2.05, 4.69) is 9.97 Å². The number of imidazole rings is 1. The van der Waals surface area contributed by atoms with E-state index in [1.807, 2.05) is 52.0 Å². The fourth-order valence-corrected chi connectivity index (χ4v) is 3.35. The molecule has 0 bridgehead atoms. The predicted molar refractivity (Wildman–Crippen MR) is 107 cm³/mol. The highest BCUT2D eigenvalue weighted by Gasteiger charge is 2.51. The number of nitrogens with one attached hydrogen (secondary N) is 1. The Morgan fingerprint density at radius 3 is 2.32 bits per heavy atom. The maximum Gasteiger partial charge on any atom is 0.494 e. The van der Waals surface area contributed by atoms with Crippen LogP contribution in [0.1, 0.15) is 40.5 Å². The minimum Gasteiger partial charge on any atom is -0.399 e. The normalized spacial score (nSPS) is 20.6. The predicted octanol–water partition coefficient (Wildman–Crippen LogP) is 2.97. The van der Waals surface area contributed by atoms with Gasteiger partial charge in [-0.25, -0.2) is 9.78 Å². The van der Waals surface area contributed by atoms with Gasteiger partial charge in [0.05, 0.1) is 23.1 Å². The van der Waals surface area contributed by atoms with Crippen molar-refractivity contribution in [2.75, 3.05) is 13.1 Å². The van der Waals surface area contributed by atoms with E-state index in [-0.39, 0.29) is 23.3 Å². The van der Waals surface area contributed by atoms with Crippen molar-refractivity contribution in [3.63, 3.8) is 0 Å². The number of amides is 1. The molecule has 1 aromatic carbocycles. The first-order valence-electron chi connectivity index (χ1n) is 9.73. The molecule has 0 atom stereocenters. The molecule has 0 aliphatic carbocycles. The zero-order valence-electron chi connectivity index (χ0n) is 16.8. The Labute approximate surface area is 165 Å². The summed E-state index contributed by atoms with van der Waals surface area (Å²) in [6, 6.07) is 8.12. The van der Waals surface area contributed by atoms with E-state index < -0.39 is 7.12 Å². The van der Waals surface area contributed by atoms with Crippen molar-refractivity contribution in [1.29, 1.82) is 0 Å². The molecule has 148 valence electrons. The van der Waals surface area contributed by atoms with E-state index in [0.717, 1.165) is 42.7 Å². The first-order chi connectivity index (χ1) is 13.2. The summed E-state index contributed by atoms with van der Waals surface area (Å²) in [6.45, 7) is 9.64. The largest absolute Gasteiger partial charge is 0.494 e. The SMILES string of the molecule is CC1(C)OB(c2ccc(-c3cnc(OC(=O)N4CCCC4)[nH]3)cc2)OC1(C)C. The summed E-state index contributed by atoms with van der Waals surface area (Å²) < 4.78 is 17.5. The molecule has 2 fully saturated rings. The van der Waals surface area contributed by atoms with Crippen molar-refractivity contribution >= 4 is 18.7 Å². The number of nitrogens with zero attached hydrogens (tertiary/aromatic N) is 2. The summed E-state index contributed by atoms with van der Waals surface area (Å²) in [4.78, 5) is 21.0.